The average molecular weight is 364 g/mol. The van der Waals surface area contributed by atoms with Gasteiger partial charge in [0.05, 0.1) is 6.54 Å². The Balaban J connectivity index is 1.43. The van der Waals surface area contributed by atoms with Crippen LogP contribution in [0, 0.1) is 12.8 Å². The van der Waals surface area contributed by atoms with Gasteiger partial charge in [0, 0.05) is 19.0 Å². The molecule has 134 valence electrons. The largest absolute Gasteiger partial charge is 0.445 e. The van der Waals surface area contributed by atoms with Crippen LogP contribution in [0.4, 0.5) is 14.3 Å². The number of hydrogen-bond donors (Lipinski definition) is 1. The molecule has 1 amide bonds. The minimum absolute atomic E-state index is 0.0647. The van der Waals surface area contributed by atoms with Crippen molar-refractivity contribution in [1.29, 1.82) is 0 Å². The molecule has 8 heteroatoms. The van der Waals surface area contributed by atoms with Gasteiger partial charge in [0.15, 0.2) is 0 Å². The second-order valence-corrected chi connectivity index (χ2v) is 7.01. The highest BCUT2D eigenvalue weighted by atomic mass is 32.1. The van der Waals surface area contributed by atoms with Gasteiger partial charge in [-0.25, -0.2) is 9.18 Å². The van der Waals surface area contributed by atoms with E-state index in [-0.39, 0.29) is 19.1 Å². The summed E-state index contributed by atoms with van der Waals surface area (Å²) in [5, 5.41) is 11.4. The number of nitrogens with zero attached hydrogens (tertiary/aromatic N) is 3. The van der Waals surface area contributed by atoms with Crippen molar-refractivity contribution in [1.82, 2.24) is 15.1 Å². The summed E-state index contributed by atoms with van der Waals surface area (Å²) in [6, 6.07) is 7.78. The fourth-order valence-corrected chi connectivity index (χ4v) is 3.19. The van der Waals surface area contributed by atoms with E-state index in [1.54, 1.807) is 5.51 Å². The van der Waals surface area contributed by atoms with Crippen LogP contribution in [0.15, 0.2) is 29.8 Å². The number of aromatic nitrogens is 2. The summed E-state index contributed by atoms with van der Waals surface area (Å²) in [6.45, 7) is 3.25. The molecule has 2 atom stereocenters. The third-order valence-corrected chi connectivity index (χ3v) is 4.94. The molecule has 25 heavy (non-hydrogen) atoms. The van der Waals surface area contributed by atoms with Crippen molar-refractivity contribution in [3.8, 4) is 0 Å². The van der Waals surface area contributed by atoms with Crippen LogP contribution in [-0.4, -0.2) is 47.0 Å². The number of nitrogens with one attached hydrogen (secondary N) is 1. The molecule has 0 bridgehead atoms. The molecule has 0 saturated carbocycles. The molecule has 1 aromatic heterocycles. The summed E-state index contributed by atoms with van der Waals surface area (Å²) in [5.41, 5.74) is 3.70. The van der Waals surface area contributed by atoms with Crippen molar-refractivity contribution in [3.63, 3.8) is 0 Å². The van der Waals surface area contributed by atoms with Crippen LogP contribution in [-0.2, 0) is 11.3 Å². The molecule has 1 fully saturated rings. The zero-order valence-corrected chi connectivity index (χ0v) is 14.8. The highest BCUT2D eigenvalue weighted by Gasteiger charge is 2.32. The van der Waals surface area contributed by atoms with E-state index in [1.165, 1.54) is 16.2 Å². The Morgan fingerprint density at radius 1 is 1.44 bits per heavy atom. The van der Waals surface area contributed by atoms with Crippen LogP contribution in [0.25, 0.3) is 0 Å². The summed E-state index contributed by atoms with van der Waals surface area (Å²) < 4.78 is 19.7. The summed E-state index contributed by atoms with van der Waals surface area (Å²) in [4.78, 5) is 13.6. The van der Waals surface area contributed by atoms with E-state index in [2.05, 4.69) is 15.5 Å². The van der Waals surface area contributed by atoms with Crippen LogP contribution < -0.4 is 5.32 Å². The van der Waals surface area contributed by atoms with Gasteiger partial charge in [0.25, 0.3) is 0 Å². The first-order valence-corrected chi connectivity index (χ1v) is 9.11. The Hall–Kier alpha value is -2.22. The Labute approximate surface area is 150 Å². The maximum Gasteiger partial charge on any atom is 0.410 e. The van der Waals surface area contributed by atoms with Crippen LogP contribution in [0.5, 0.6) is 0 Å². The topological polar surface area (TPSA) is 67.3 Å². The number of aryl methyl sites for hydroxylation is 1. The van der Waals surface area contributed by atoms with Gasteiger partial charge >= 0.3 is 6.09 Å². The molecule has 1 saturated heterocycles. The Morgan fingerprint density at radius 2 is 2.24 bits per heavy atom. The molecule has 0 spiro atoms. The molecule has 1 N–H and O–H groups in total. The number of halogens is 1. The van der Waals surface area contributed by atoms with E-state index >= 15 is 0 Å². The fourth-order valence-electron chi connectivity index (χ4n) is 2.74. The van der Waals surface area contributed by atoms with Gasteiger partial charge in [-0.3, -0.25) is 0 Å². The van der Waals surface area contributed by atoms with Gasteiger partial charge in [-0.15, -0.1) is 10.2 Å². The molecule has 0 radical (unpaired) electrons. The molecule has 2 unspecified atom stereocenters. The van der Waals surface area contributed by atoms with Crippen molar-refractivity contribution in [2.24, 2.45) is 5.92 Å². The normalized spacial score (nSPS) is 20.3. The Kier molecular flexibility index (Phi) is 5.80. The maximum atomic E-state index is 14.4. The zero-order valence-electron chi connectivity index (χ0n) is 14.0. The number of amides is 1. The number of carbonyl (C=O) groups is 1. The standard InChI is InChI=1S/C17H21FN4O2S/c1-12-2-4-13(5-3-12)10-24-17(23)22-7-6-14(15(18)9-22)8-19-16-21-20-11-25-16/h2-5,11,14-15H,6-10H2,1H3,(H,19,21). The Bertz CT molecular complexity index is 680. The van der Waals surface area contributed by atoms with Gasteiger partial charge in [-0.2, -0.15) is 0 Å². The summed E-state index contributed by atoms with van der Waals surface area (Å²) >= 11 is 1.38. The maximum absolute atomic E-state index is 14.4. The van der Waals surface area contributed by atoms with Crippen molar-refractivity contribution >= 4 is 22.6 Å². The third kappa shape index (κ3) is 4.88. The van der Waals surface area contributed by atoms with E-state index in [4.69, 9.17) is 4.74 Å². The number of hydrogen-bond acceptors (Lipinski definition) is 6. The number of alkyl halides is 1. The molecule has 6 nitrogen and oxygen atoms in total. The lowest BCUT2D eigenvalue weighted by Gasteiger charge is -2.34. The van der Waals surface area contributed by atoms with Crippen LogP contribution in [0.3, 0.4) is 0 Å². The summed E-state index contributed by atoms with van der Waals surface area (Å²) in [5.74, 6) is -0.148. The van der Waals surface area contributed by atoms with E-state index in [0.29, 0.717) is 24.6 Å². The van der Waals surface area contributed by atoms with Crippen molar-refractivity contribution in [2.75, 3.05) is 25.0 Å². The monoisotopic (exact) mass is 364 g/mol. The molecule has 1 aliphatic heterocycles. The lowest BCUT2D eigenvalue weighted by atomic mass is 9.95. The van der Waals surface area contributed by atoms with Crippen molar-refractivity contribution in [3.05, 3.63) is 40.9 Å². The lowest BCUT2D eigenvalue weighted by Crippen LogP contribution is -2.46. The number of anilines is 1. The predicted molar refractivity (Wildman–Crippen MR) is 94.3 cm³/mol. The van der Waals surface area contributed by atoms with Gasteiger partial charge in [0.2, 0.25) is 5.13 Å². The zero-order chi connectivity index (χ0) is 17.6. The number of carbonyl (C=O) groups excluding carboxylic acids is 1. The smallest absolute Gasteiger partial charge is 0.410 e. The van der Waals surface area contributed by atoms with E-state index in [1.807, 2.05) is 31.2 Å². The first kappa shape index (κ1) is 17.6. The molecule has 2 heterocycles. The van der Waals surface area contributed by atoms with Crippen LogP contribution in [0.2, 0.25) is 0 Å². The highest BCUT2D eigenvalue weighted by Crippen LogP contribution is 2.22. The van der Waals surface area contributed by atoms with Crippen molar-refractivity contribution < 1.29 is 13.9 Å². The van der Waals surface area contributed by atoms with Crippen LogP contribution in [0.1, 0.15) is 17.5 Å². The third-order valence-electron chi connectivity index (χ3n) is 4.29. The summed E-state index contributed by atoms with van der Waals surface area (Å²) in [7, 11) is 0. The molecule has 0 aliphatic carbocycles. The molecule has 3 rings (SSSR count). The second-order valence-electron chi connectivity index (χ2n) is 6.18. The molecular weight excluding hydrogens is 343 g/mol. The molecule has 2 aromatic rings. The minimum Gasteiger partial charge on any atom is -0.445 e. The number of rotatable bonds is 5. The fraction of sp³-hybridized carbons (Fsp3) is 0.471. The van der Waals surface area contributed by atoms with E-state index in [0.717, 1.165) is 11.1 Å². The number of ether oxygens (including phenoxy) is 1. The number of benzene rings is 1. The first-order valence-electron chi connectivity index (χ1n) is 8.23. The SMILES string of the molecule is Cc1ccc(COC(=O)N2CCC(CNc3nncs3)C(F)C2)cc1. The average Bonchev–Trinajstić information content (AvgIpc) is 3.13. The molecule has 1 aromatic carbocycles. The predicted octanol–water partition coefficient (Wildman–Crippen LogP) is 3.26. The quantitative estimate of drug-likeness (QED) is 0.882. The highest BCUT2D eigenvalue weighted by molar-refractivity contribution is 7.13. The first-order chi connectivity index (χ1) is 12.1. The van der Waals surface area contributed by atoms with Gasteiger partial charge in [-0.05, 0) is 18.9 Å². The summed E-state index contributed by atoms with van der Waals surface area (Å²) in [6.07, 6.45) is -0.952. The van der Waals surface area contributed by atoms with Crippen LogP contribution >= 0.6 is 11.3 Å². The second kappa shape index (κ2) is 8.24. The molecule has 1 aliphatic rings. The van der Waals surface area contributed by atoms with Gasteiger partial charge in [-0.1, -0.05) is 41.2 Å². The van der Waals surface area contributed by atoms with E-state index < -0.39 is 12.3 Å². The van der Waals surface area contributed by atoms with Crippen molar-refractivity contribution in [2.45, 2.75) is 26.1 Å². The number of likely N-dealkylation sites (tertiary alicyclic amines) is 1. The van der Waals surface area contributed by atoms with Gasteiger partial charge < -0.3 is 15.0 Å². The Morgan fingerprint density at radius 3 is 2.92 bits per heavy atom. The van der Waals surface area contributed by atoms with Gasteiger partial charge in [0.1, 0.15) is 18.3 Å². The molecular formula is C17H21FN4O2S. The van der Waals surface area contributed by atoms with E-state index in [9.17, 15) is 9.18 Å². The lowest BCUT2D eigenvalue weighted by molar-refractivity contribution is 0.0544. The number of piperidine rings is 1. The minimum atomic E-state index is -1.08.